The van der Waals surface area contributed by atoms with Gasteiger partial charge in [0.2, 0.25) is 0 Å². The van der Waals surface area contributed by atoms with Crippen LogP contribution in [0.4, 0.5) is 0 Å². The third-order valence-corrected chi connectivity index (χ3v) is 4.24. The fourth-order valence-corrected chi connectivity index (χ4v) is 2.78. The molecular weight excluding hydrogens is 330 g/mol. The fourth-order valence-electron chi connectivity index (χ4n) is 2.78. The lowest BCUT2D eigenvalue weighted by Crippen LogP contribution is -2.14. The summed E-state index contributed by atoms with van der Waals surface area (Å²) in [7, 11) is 0. The number of aromatic nitrogens is 3. The molecule has 0 aliphatic rings. The van der Waals surface area contributed by atoms with Gasteiger partial charge in [-0.3, -0.25) is 4.98 Å². The van der Waals surface area contributed by atoms with Crippen LogP contribution in [0, 0.1) is 6.92 Å². The zero-order valence-corrected chi connectivity index (χ0v) is 15.8. The molecule has 3 aromatic rings. The fraction of sp³-hybridized carbons (Fsp3) is 0.400. The summed E-state index contributed by atoms with van der Waals surface area (Å²) in [5.41, 5.74) is 2.85. The first kappa shape index (κ1) is 18.0. The summed E-state index contributed by atoms with van der Waals surface area (Å²) >= 11 is 0. The normalized spacial score (nSPS) is 11.7. The van der Waals surface area contributed by atoms with Gasteiger partial charge < -0.3 is 9.26 Å². The van der Waals surface area contributed by atoms with Gasteiger partial charge >= 0.3 is 5.97 Å². The molecular formula is C20H23N3O3. The number of hydrogen-bond donors (Lipinski definition) is 0. The maximum Gasteiger partial charge on any atom is 0.339 e. The van der Waals surface area contributed by atoms with E-state index in [2.05, 4.69) is 15.1 Å². The molecule has 0 saturated heterocycles. The zero-order chi connectivity index (χ0) is 18.9. The lowest BCUT2D eigenvalue weighted by atomic mass is 9.96. The molecule has 0 saturated carbocycles. The lowest BCUT2D eigenvalue weighted by Gasteiger charge is -2.12. The molecule has 0 amide bonds. The summed E-state index contributed by atoms with van der Waals surface area (Å²) in [6, 6.07) is 7.58. The summed E-state index contributed by atoms with van der Waals surface area (Å²) in [6.07, 6.45) is 0.746. The van der Waals surface area contributed by atoms with Crippen molar-refractivity contribution < 1.29 is 14.1 Å². The van der Waals surface area contributed by atoms with Crippen LogP contribution >= 0.6 is 0 Å². The smallest absolute Gasteiger partial charge is 0.339 e. The van der Waals surface area contributed by atoms with Gasteiger partial charge in [0.1, 0.15) is 0 Å². The molecule has 0 N–H and O–H groups in total. The highest BCUT2D eigenvalue weighted by atomic mass is 16.6. The molecule has 0 atom stereocenters. The Morgan fingerprint density at radius 3 is 2.58 bits per heavy atom. The molecule has 0 aliphatic carbocycles. The summed E-state index contributed by atoms with van der Waals surface area (Å²) in [6.45, 7) is 9.84. The van der Waals surface area contributed by atoms with Crippen LogP contribution in [0.25, 0.3) is 10.9 Å². The van der Waals surface area contributed by atoms with Crippen molar-refractivity contribution in [3.63, 3.8) is 0 Å². The Morgan fingerprint density at radius 2 is 1.92 bits per heavy atom. The number of esters is 1. The number of hydrogen-bond acceptors (Lipinski definition) is 6. The van der Waals surface area contributed by atoms with Crippen LogP contribution in [0.3, 0.4) is 0 Å². The average Bonchev–Trinajstić information content (AvgIpc) is 3.08. The predicted octanol–water partition coefficient (Wildman–Crippen LogP) is 4.14. The van der Waals surface area contributed by atoms with Crippen molar-refractivity contribution >= 4 is 16.9 Å². The molecule has 0 radical (unpaired) electrons. The van der Waals surface area contributed by atoms with Crippen LogP contribution < -0.4 is 0 Å². The maximum absolute atomic E-state index is 12.8. The number of carbonyl (C=O) groups is 1. The van der Waals surface area contributed by atoms with Gasteiger partial charge in [-0.2, -0.15) is 4.98 Å². The molecule has 0 bridgehead atoms. The Balaban J connectivity index is 1.88. The van der Waals surface area contributed by atoms with E-state index >= 15 is 0 Å². The van der Waals surface area contributed by atoms with E-state index in [1.807, 2.05) is 58.9 Å². The van der Waals surface area contributed by atoms with Crippen molar-refractivity contribution in [3.05, 3.63) is 52.8 Å². The molecule has 0 aliphatic heterocycles. The van der Waals surface area contributed by atoms with E-state index in [1.165, 1.54) is 0 Å². The summed E-state index contributed by atoms with van der Waals surface area (Å²) in [5.74, 6) is 0.462. The predicted molar refractivity (Wildman–Crippen MR) is 98.0 cm³/mol. The van der Waals surface area contributed by atoms with E-state index in [0.29, 0.717) is 11.4 Å². The second-order valence-corrected chi connectivity index (χ2v) is 7.27. The number of benzene rings is 1. The first-order valence-electron chi connectivity index (χ1n) is 8.69. The molecule has 136 valence electrons. The molecule has 0 spiro atoms. The number of ether oxygens (including phenoxy) is 1. The SMILES string of the molecule is CCc1nc2ccccc2c(C(=O)OCc2nc(C(C)(C)C)no2)c1C. The Kier molecular flexibility index (Phi) is 4.76. The third-order valence-electron chi connectivity index (χ3n) is 4.24. The van der Waals surface area contributed by atoms with Crippen LogP contribution in [-0.4, -0.2) is 21.1 Å². The van der Waals surface area contributed by atoms with Gasteiger partial charge in [-0.05, 0) is 25.0 Å². The van der Waals surface area contributed by atoms with Crippen LogP contribution in [-0.2, 0) is 23.2 Å². The number of carbonyl (C=O) groups excluding carboxylic acids is 1. The molecule has 0 unspecified atom stereocenters. The average molecular weight is 353 g/mol. The summed E-state index contributed by atoms with van der Waals surface area (Å²) in [4.78, 5) is 21.7. The lowest BCUT2D eigenvalue weighted by molar-refractivity contribution is 0.0431. The van der Waals surface area contributed by atoms with Crippen molar-refractivity contribution in [2.24, 2.45) is 0 Å². The molecule has 26 heavy (non-hydrogen) atoms. The van der Waals surface area contributed by atoms with Gasteiger partial charge in [-0.1, -0.05) is 51.1 Å². The minimum atomic E-state index is -0.411. The van der Waals surface area contributed by atoms with Gasteiger partial charge in [0.05, 0.1) is 11.1 Å². The van der Waals surface area contributed by atoms with Gasteiger partial charge in [0, 0.05) is 16.5 Å². The van der Waals surface area contributed by atoms with E-state index in [0.717, 1.165) is 28.6 Å². The first-order chi connectivity index (χ1) is 12.3. The molecule has 2 aromatic heterocycles. The van der Waals surface area contributed by atoms with E-state index in [1.54, 1.807) is 0 Å². The number of nitrogens with zero attached hydrogens (tertiary/aromatic N) is 3. The van der Waals surface area contributed by atoms with Crippen molar-refractivity contribution in [2.45, 2.75) is 53.1 Å². The molecule has 6 nitrogen and oxygen atoms in total. The van der Waals surface area contributed by atoms with E-state index in [-0.39, 0.29) is 17.9 Å². The Morgan fingerprint density at radius 1 is 1.19 bits per heavy atom. The minimum absolute atomic E-state index is 0.0561. The van der Waals surface area contributed by atoms with Crippen LogP contribution in [0.2, 0.25) is 0 Å². The van der Waals surface area contributed by atoms with Gasteiger partial charge in [0.15, 0.2) is 12.4 Å². The molecule has 6 heteroatoms. The molecule has 1 aromatic carbocycles. The van der Waals surface area contributed by atoms with Crippen molar-refractivity contribution in [3.8, 4) is 0 Å². The van der Waals surface area contributed by atoms with E-state index in [9.17, 15) is 4.79 Å². The van der Waals surface area contributed by atoms with Gasteiger partial charge in [-0.25, -0.2) is 4.79 Å². The highest BCUT2D eigenvalue weighted by Crippen LogP contribution is 2.25. The van der Waals surface area contributed by atoms with Gasteiger partial charge in [-0.15, -0.1) is 0 Å². The number of aryl methyl sites for hydroxylation is 1. The zero-order valence-electron chi connectivity index (χ0n) is 15.8. The topological polar surface area (TPSA) is 78.1 Å². The standard InChI is InChI=1S/C20H23N3O3/c1-6-14-12(2)17(13-9-7-8-10-15(13)21-14)18(24)25-11-16-22-19(23-26-16)20(3,4)5/h7-10H,6,11H2,1-5H3. The van der Waals surface area contributed by atoms with Crippen molar-refractivity contribution in [1.82, 2.24) is 15.1 Å². The summed E-state index contributed by atoms with van der Waals surface area (Å²) in [5, 5.41) is 4.73. The number of pyridine rings is 1. The first-order valence-corrected chi connectivity index (χ1v) is 8.69. The number of para-hydroxylation sites is 1. The van der Waals surface area contributed by atoms with Gasteiger partial charge in [0.25, 0.3) is 5.89 Å². The van der Waals surface area contributed by atoms with E-state index < -0.39 is 5.97 Å². The summed E-state index contributed by atoms with van der Waals surface area (Å²) < 4.78 is 10.7. The Bertz CT molecular complexity index is 955. The largest absolute Gasteiger partial charge is 0.452 e. The quantitative estimate of drug-likeness (QED) is 0.656. The monoisotopic (exact) mass is 353 g/mol. The number of rotatable bonds is 4. The minimum Gasteiger partial charge on any atom is -0.452 e. The van der Waals surface area contributed by atoms with Crippen LogP contribution in [0.1, 0.15) is 61.0 Å². The third kappa shape index (κ3) is 3.45. The molecule has 3 rings (SSSR count). The highest BCUT2D eigenvalue weighted by molar-refractivity contribution is 6.04. The molecule has 2 heterocycles. The Hall–Kier alpha value is -2.76. The second kappa shape index (κ2) is 6.86. The van der Waals surface area contributed by atoms with Crippen molar-refractivity contribution in [2.75, 3.05) is 0 Å². The maximum atomic E-state index is 12.8. The van der Waals surface area contributed by atoms with Crippen LogP contribution in [0.5, 0.6) is 0 Å². The second-order valence-electron chi connectivity index (χ2n) is 7.27. The van der Waals surface area contributed by atoms with Crippen LogP contribution in [0.15, 0.2) is 28.8 Å². The number of fused-ring (bicyclic) bond motifs is 1. The molecule has 0 fully saturated rings. The van der Waals surface area contributed by atoms with Crippen molar-refractivity contribution in [1.29, 1.82) is 0 Å². The highest BCUT2D eigenvalue weighted by Gasteiger charge is 2.23. The van der Waals surface area contributed by atoms with E-state index in [4.69, 9.17) is 9.26 Å². The Labute approximate surface area is 152 Å².